The summed E-state index contributed by atoms with van der Waals surface area (Å²) < 4.78 is 35.3. The van der Waals surface area contributed by atoms with Gasteiger partial charge in [-0.3, -0.25) is 14.3 Å². The lowest BCUT2D eigenvalue weighted by Crippen LogP contribution is -2.23. The van der Waals surface area contributed by atoms with Crippen LogP contribution in [0, 0.1) is 10.1 Å². The molecule has 1 aromatic heterocycles. The smallest absolute Gasteiger partial charge is 0.726 e. The predicted molar refractivity (Wildman–Crippen MR) is 87.2 cm³/mol. The average Bonchev–Trinajstić information content (AvgIpc) is 3.04. The van der Waals surface area contributed by atoms with Crippen molar-refractivity contribution in [3.8, 4) is 0 Å². The van der Waals surface area contributed by atoms with Gasteiger partial charge in [0.2, 0.25) is 10.4 Å². The van der Waals surface area contributed by atoms with Gasteiger partial charge in [-0.25, -0.2) is 8.42 Å². The van der Waals surface area contributed by atoms with Crippen LogP contribution in [-0.2, 0) is 14.6 Å². The molecule has 0 saturated heterocycles. The van der Waals surface area contributed by atoms with Crippen molar-refractivity contribution in [2.45, 2.75) is 0 Å². The Kier molecular flexibility index (Phi) is 6.02. The first-order chi connectivity index (χ1) is 11.8. The molecule has 0 saturated carbocycles. The van der Waals surface area contributed by atoms with Gasteiger partial charge in [-0.15, -0.1) is 20.4 Å². The molecule has 0 amide bonds. The molecule has 134 valence electrons. The van der Waals surface area contributed by atoms with Gasteiger partial charge in [0.05, 0.1) is 11.5 Å². The molecule has 1 aromatic carbocycles. The highest BCUT2D eigenvalue weighted by molar-refractivity contribution is 7.80. The van der Waals surface area contributed by atoms with Gasteiger partial charge in [0.1, 0.15) is 5.51 Å². The Morgan fingerprint density at radius 1 is 1.44 bits per heavy atom. The summed E-state index contributed by atoms with van der Waals surface area (Å²) in [5.41, 5.74) is 1.59. The third kappa shape index (κ3) is 5.79. The van der Waals surface area contributed by atoms with Gasteiger partial charge in [-0.2, -0.15) is 0 Å². The largest absolute Gasteiger partial charge is 1.00 e. The van der Waals surface area contributed by atoms with Gasteiger partial charge in [-0.05, 0) is 12.1 Å². The van der Waals surface area contributed by atoms with E-state index in [4.69, 9.17) is 0 Å². The quantitative estimate of drug-likeness (QED) is 0.216. The molecule has 0 unspecified atom stereocenters. The number of anilines is 1. The molecule has 12 nitrogen and oxygen atoms in total. The normalized spacial score (nSPS) is 11.8. The van der Waals surface area contributed by atoms with E-state index in [0.717, 1.165) is 11.3 Å². The van der Waals surface area contributed by atoms with Gasteiger partial charge < -0.3 is 9.45 Å². The molecular weight excluding hydrogens is 376 g/mol. The van der Waals surface area contributed by atoms with Crippen LogP contribution in [-0.4, -0.2) is 48.3 Å². The van der Waals surface area contributed by atoms with E-state index in [1.54, 1.807) is 7.05 Å². The molecule has 0 fully saturated rings. The van der Waals surface area contributed by atoms with E-state index in [1.807, 2.05) is 0 Å². The fourth-order valence-electron chi connectivity index (χ4n) is 1.69. The molecule has 0 bridgehead atoms. The number of rotatable bonds is 8. The summed E-state index contributed by atoms with van der Waals surface area (Å²) in [7, 11) is -3.22. The number of nitro groups is 1. The Balaban J connectivity index is 0.00000338. The van der Waals surface area contributed by atoms with E-state index in [-0.39, 0.29) is 31.1 Å². The summed E-state index contributed by atoms with van der Waals surface area (Å²) in [5.74, 6) is 0. The first kappa shape index (κ1) is 18.8. The highest BCUT2D eigenvalue weighted by Gasteiger charge is 2.16. The van der Waals surface area contributed by atoms with Crippen molar-refractivity contribution < 1.29 is 23.5 Å². The van der Waals surface area contributed by atoms with Crippen molar-refractivity contribution in [2.75, 3.05) is 25.1 Å². The fourth-order valence-corrected chi connectivity index (χ4v) is 2.34. The molecule has 0 spiro atoms. The number of likely N-dealkylation sites (N-methyl/N-ethyl adjacent to an activating group) is 1. The van der Waals surface area contributed by atoms with E-state index in [1.165, 1.54) is 28.6 Å². The van der Waals surface area contributed by atoms with Crippen LogP contribution in [0.15, 0.2) is 33.9 Å². The Labute approximate surface area is 147 Å². The molecule has 25 heavy (non-hydrogen) atoms. The lowest BCUT2D eigenvalue weighted by molar-refractivity contribution is -0.384. The number of nitrogens with zero attached hydrogens (tertiary/aromatic N) is 6. The van der Waals surface area contributed by atoms with Gasteiger partial charge in [0, 0.05) is 25.3 Å². The van der Waals surface area contributed by atoms with Crippen molar-refractivity contribution in [3.63, 3.8) is 0 Å². The summed E-state index contributed by atoms with van der Waals surface area (Å²) >= 11 is 1.13. The van der Waals surface area contributed by atoms with Crippen LogP contribution < -0.4 is 4.90 Å². The molecular formula is C11H12N6O6S2. The van der Waals surface area contributed by atoms with E-state index in [0.29, 0.717) is 5.69 Å². The SMILES string of the molecule is CN(CCOS(=O)(=O)[O-])c1ccc(N=Nc2nncs2)c([N+](=O)[O-])c1.[H+]. The van der Waals surface area contributed by atoms with Crippen LogP contribution in [0.5, 0.6) is 0 Å². The molecule has 0 aliphatic carbocycles. The zero-order valence-corrected chi connectivity index (χ0v) is 14.3. The van der Waals surface area contributed by atoms with E-state index < -0.39 is 15.3 Å². The molecule has 2 aromatic rings. The summed E-state index contributed by atoms with van der Waals surface area (Å²) in [6.07, 6.45) is 0. The summed E-state index contributed by atoms with van der Waals surface area (Å²) in [6.45, 7) is -0.348. The van der Waals surface area contributed by atoms with Crippen LogP contribution in [0.2, 0.25) is 0 Å². The van der Waals surface area contributed by atoms with Gasteiger partial charge >= 0.3 is 1.43 Å². The van der Waals surface area contributed by atoms with E-state index >= 15 is 0 Å². The first-order valence-electron chi connectivity index (χ1n) is 6.54. The van der Waals surface area contributed by atoms with Crippen molar-refractivity contribution in [1.29, 1.82) is 0 Å². The van der Waals surface area contributed by atoms with Crippen LogP contribution in [0.3, 0.4) is 0 Å². The summed E-state index contributed by atoms with van der Waals surface area (Å²) in [6, 6.07) is 4.17. The third-order valence-corrected chi connectivity index (χ3v) is 3.87. The Bertz CT molecular complexity index is 875. The lowest BCUT2D eigenvalue weighted by Gasteiger charge is -2.19. The molecule has 0 radical (unpaired) electrons. The number of hydrogen-bond donors (Lipinski definition) is 0. The predicted octanol–water partition coefficient (Wildman–Crippen LogP) is 1.89. The molecule has 0 atom stereocenters. The highest BCUT2D eigenvalue weighted by atomic mass is 32.3. The topological polar surface area (TPSA) is 163 Å². The van der Waals surface area contributed by atoms with Crippen molar-refractivity contribution in [1.82, 2.24) is 10.2 Å². The van der Waals surface area contributed by atoms with Crippen molar-refractivity contribution in [3.05, 3.63) is 33.8 Å². The fraction of sp³-hybridized carbons (Fsp3) is 0.273. The Morgan fingerprint density at radius 2 is 2.20 bits per heavy atom. The highest BCUT2D eigenvalue weighted by Crippen LogP contribution is 2.32. The number of aromatic nitrogens is 2. The molecule has 2 rings (SSSR count). The number of hydrogen-bond acceptors (Lipinski definition) is 12. The minimum absolute atomic E-state index is 0. The molecule has 14 heteroatoms. The minimum Gasteiger partial charge on any atom is -0.726 e. The monoisotopic (exact) mass is 388 g/mol. The first-order valence-corrected chi connectivity index (χ1v) is 8.75. The maximum Gasteiger partial charge on any atom is 1.00 e. The van der Waals surface area contributed by atoms with Crippen LogP contribution in [0.1, 0.15) is 1.43 Å². The van der Waals surface area contributed by atoms with E-state index in [2.05, 4.69) is 24.6 Å². The summed E-state index contributed by atoms with van der Waals surface area (Å²) in [5, 5.41) is 26.2. The summed E-state index contributed by atoms with van der Waals surface area (Å²) in [4.78, 5) is 12.1. The molecule has 0 aliphatic rings. The number of benzene rings is 1. The zero-order chi connectivity index (χ0) is 18.4. The molecule has 0 aliphatic heterocycles. The zero-order valence-electron chi connectivity index (χ0n) is 13.7. The second kappa shape index (κ2) is 8.02. The maximum atomic E-state index is 11.2. The third-order valence-electron chi connectivity index (χ3n) is 2.84. The van der Waals surface area contributed by atoms with Crippen molar-refractivity contribution >= 4 is 43.9 Å². The number of nitro benzene ring substituents is 1. The maximum absolute atomic E-state index is 11.2. The molecule has 1 heterocycles. The van der Waals surface area contributed by atoms with Gasteiger partial charge in [0.15, 0.2) is 5.69 Å². The lowest BCUT2D eigenvalue weighted by atomic mass is 10.2. The molecule has 0 N–H and O–H groups in total. The van der Waals surface area contributed by atoms with Crippen LogP contribution >= 0.6 is 11.3 Å². The Hall–Kier alpha value is -2.55. The van der Waals surface area contributed by atoms with Gasteiger partial charge in [0.25, 0.3) is 10.8 Å². The average molecular weight is 388 g/mol. The van der Waals surface area contributed by atoms with Crippen LogP contribution in [0.25, 0.3) is 0 Å². The Morgan fingerprint density at radius 3 is 2.80 bits per heavy atom. The standard InChI is InChI=1S/C11H12N6O6S2/c1-16(4-5-23-25(20,21)22)8-2-3-9(10(6-8)17(18)19)13-15-11-14-12-7-24-11/h2-3,6-7H,4-5H2,1H3,(H,20,21,22). The number of azo groups is 1. The van der Waals surface area contributed by atoms with Crippen molar-refractivity contribution in [2.24, 2.45) is 10.2 Å². The van der Waals surface area contributed by atoms with E-state index in [9.17, 15) is 23.1 Å². The minimum atomic E-state index is -4.78. The second-order valence-electron chi connectivity index (χ2n) is 4.50. The van der Waals surface area contributed by atoms with Crippen LogP contribution in [0.4, 0.5) is 22.2 Å². The second-order valence-corrected chi connectivity index (χ2v) is 6.37. The van der Waals surface area contributed by atoms with Gasteiger partial charge in [-0.1, -0.05) is 11.3 Å².